The largest absolute Gasteiger partial charge is 0.501 e. The monoisotopic (exact) mass is 503 g/mol. The Kier molecular flexibility index (Phi) is 7.45. The van der Waals surface area contributed by atoms with Gasteiger partial charge in [0.25, 0.3) is 11.5 Å². The van der Waals surface area contributed by atoms with Crippen LogP contribution in [0.5, 0.6) is 5.75 Å². The Balaban J connectivity index is 1.83. The average Bonchev–Trinajstić information content (AvgIpc) is 3.59. The SMILES string of the molecule is COCCn1cc([C@H](c2ccccc2C#N)[C@H](C)c2nc(C(=O)Nc3cnoc3)c(O)c(=O)n2C)cn1. The second-order valence-corrected chi connectivity index (χ2v) is 8.39. The van der Waals surface area contributed by atoms with Gasteiger partial charge in [-0.05, 0) is 17.2 Å². The van der Waals surface area contributed by atoms with Gasteiger partial charge in [0.2, 0.25) is 5.75 Å². The molecule has 4 aromatic rings. The van der Waals surface area contributed by atoms with Crippen molar-refractivity contribution in [1.29, 1.82) is 5.26 Å². The highest BCUT2D eigenvalue weighted by Crippen LogP contribution is 2.39. The third-order valence-electron chi connectivity index (χ3n) is 6.07. The molecule has 0 bridgehead atoms. The van der Waals surface area contributed by atoms with Crippen LogP contribution >= 0.6 is 0 Å². The van der Waals surface area contributed by atoms with Gasteiger partial charge >= 0.3 is 0 Å². The number of benzene rings is 1. The van der Waals surface area contributed by atoms with Gasteiger partial charge in [-0.2, -0.15) is 10.4 Å². The topological polar surface area (TPSA) is 161 Å². The van der Waals surface area contributed by atoms with Gasteiger partial charge < -0.3 is 19.7 Å². The lowest BCUT2D eigenvalue weighted by Gasteiger charge is -2.26. The molecule has 0 aliphatic rings. The van der Waals surface area contributed by atoms with E-state index in [-0.39, 0.29) is 11.5 Å². The molecule has 190 valence electrons. The first-order valence-electron chi connectivity index (χ1n) is 11.4. The van der Waals surface area contributed by atoms with Gasteiger partial charge in [0, 0.05) is 32.2 Å². The molecule has 1 aromatic carbocycles. The van der Waals surface area contributed by atoms with E-state index in [0.717, 1.165) is 5.56 Å². The molecule has 3 aromatic heterocycles. The fourth-order valence-electron chi connectivity index (χ4n) is 4.23. The molecule has 12 heteroatoms. The number of carbonyl (C=O) groups excluding carboxylic acids is 1. The second-order valence-electron chi connectivity index (χ2n) is 8.39. The molecule has 0 aliphatic carbocycles. The minimum absolute atomic E-state index is 0.237. The van der Waals surface area contributed by atoms with Crippen LogP contribution in [0.4, 0.5) is 5.69 Å². The van der Waals surface area contributed by atoms with Crippen LogP contribution in [0.3, 0.4) is 0 Å². The molecular weight excluding hydrogens is 478 g/mol. The molecule has 0 saturated heterocycles. The van der Waals surface area contributed by atoms with Crippen LogP contribution in [0.15, 0.2) is 58.4 Å². The van der Waals surface area contributed by atoms with Crippen LogP contribution in [-0.4, -0.2) is 49.2 Å². The Hall–Kier alpha value is -4.76. The summed E-state index contributed by atoms with van der Waals surface area (Å²) in [6.07, 6.45) is 6.03. The van der Waals surface area contributed by atoms with Crippen molar-refractivity contribution in [3.05, 3.63) is 87.7 Å². The number of hydrogen-bond donors (Lipinski definition) is 2. The summed E-state index contributed by atoms with van der Waals surface area (Å²) in [5.41, 5.74) is 0.972. The molecule has 0 spiro atoms. The molecule has 3 heterocycles. The summed E-state index contributed by atoms with van der Waals surface area (Å²) in [6.45, 7) is 2.83. The van der Waals surface area contributed by atoms with Gasteiger partial charge in [0.05, 0.1) is 37.2 Å². The number of hydrogen-bond acceptors (Lipinski definition) is 9. The van der Waals surface area contributed by atoms with E-state index in [9.17, 15) is 20.0 Å². The molecule has 0 aliphatic heterocycles. The number of nitrogens with one attached hydrogen (secondary N) is 1. The summed E-state index contributed by atoms with van der Waals surface area (Å²) < 4.78 is 12.8. The smallest absolute Gasteiger partial charge is 0.296 e. The van der Waals surface area contributed by atoms with Crippen molar-refractivity contribution in [3.63, 3.8) is 0 Å². The number of methoxy groups -OCH3 is 1. The van der Waals surface area contributed by atoms with Gasteiger partial charge in [0.15, 0.2) is 5.69 Å². The summed E-state index contributed by atoms with van der Waals surface area (Å²) >= 11 is 0. The van der Waals surface area contributed by atoms with E-state index in [1.54, 1.807) is 30.1 Å². The highest BCUT2D eigenvalue weighted by Gasteiger charge is 2.31. The van der Waals surface area contributed by atoms with Crippen molar-refractivity contribution in [3.8, 4) is 11.8 Å². The summed E-state index contributed by atoms with van der Waals surface area (Å²) in [5.74, 6) is -2.32. The van der Waals surface area contributed by atoms with E-state index < -0.39 is 34.7 Å². The predicted molar refractivity (Wildman–Crippen MR) is 131 cm³/mol. The van der Waals surface area contributed by atoms with Gasteiger partial charge in [-0.3, -0.25) is 18.8 Å². The lowest BCUT2D eigenvalue weighted by molar-refractivity contribution is 0.101. The molecule has 12 nitrogen and oxygen atoms in total. The van der Waals surface area contributed by atoms with Crippen molar-refractivity contribution in [2.24, 2.45) is 7.05 Å². The quantitative estimate of drug-likeness (QED) is 0.349. The zero-order valence-electron chi connectivity index (χ0n) is 20.5. The molecule has 37 heavy (non-hydrogen) atoms. The minimum Gasteiger partial charge on any atom is -0.501 e. The summed E-state index contributed by atoms with van der Waals surface area (Å²) in [4.78, 5) is 30.2. The van der Waals surface area contributed by atoms with E-state index in [0.29, 0.717) is 24.3 Å². The Morgan fingerprint density at radius 2 is 2.11 bits per heavy atom. The number of aromatic hydroxyl groups is 1. The van der Waals surface area contributed by atoms with E-state index in [2.05, 4.69) is 26.6 Å². The second kappa shape index (κ2) is 10.9. The maximum absolute atomic E-state index is 12.9. The van der Waals surface area contributed by atoms with E-state index in [1.807, 2.05) is 25.3 Å². The number of aromatic nitrogens is 5. The fourth-order valence-corrected chi connectivity index (χ4v) is 4.23. The van der Waals surface area contributed by atoms with E-state index in [1.165, 1.54) is 24.1 Å². The Labute approximate surface area is 211 Å². The molecule has 0 unspecified atom stereocenters. The van der Waals surface area contributed by atoms with Gasteiger partial charge in [-0.25, -0.2) is 4.98 Å². The maximum Gasteiger partial charge on any atom is 0.296 e. The highest BCUT2D eigenvalue weighted by atomic mass is 16.5. The average molecular weight is 504 g/mol. The number of anilines is 1. The first kappa shape index (κ1) is 25.3. The maximum atomic E-state index is 12.9. The number of amides is 1. The number of rotatable bonds is 9. The van der Waals surface area contributed by atoms with Crippen LogP contribution in [0.2, 0.25) is 0 Å². The third-order valence-corrected chi connectivity index (χ3v) is 6.07. The van der Waals surface area contributed by atoms with Crippen molar-refractivity contribution in [2.75, 3.05) is 19.0 Å². The molecule has 0 fully saturated rings. The fraction of sp³-hybridized carbons (Fsp3) is 0.280. The Morgan fingerprint density at radius 1 is 1.32 bits per heavy atom. The highest BCUT2D eigenvalue weighted by molar-refractivity contribution is 6.04. The van der Waals surface area contributed by atoms with Crippen LogP contribution in [0, 0.1) is 11.3 Å². The number of nitrogens with zero attached hydrogens (tertiary/aromatic N) is 6. The van der Waals surface area contributed by atoms with Crippen molar-refractivity contribution in [1.82, 2.24) is 24.5 Å². The van der Waals surface area contributed by atoms with Crippen molar-refractivity contribution < 1.29 is 19.2 Å². The number of nitriles is 1. The van der Waals surface area contributed by atoms with Crippen LogP contribution in [0.1, 0.15) is 51.8 Å². The summed E-state index contributed by atoms with van der Waals surface area (Å²) in [6, 6.07) is 9.38. The lowest BCUT2D eigenvalue weighted by atomic mass is 9.80. The standard InChI is InChI=1S/C25H25N7O5/c1-15(23-30-21(22(33)25(35)31(23)2)24(34)29-18-12-28-37-14-18)20(19-7-5-4-6-16(19)10-26)17-11-27-32(13-17)8-9-36-3/h4-7,11-15,20,33H,8-9H2,1-3H3,(H,29,34)/t15-,20+/m0/s1. The zero-order valence-corrected chi connectivity index (χ0v) is 20.5. The van der Waals surface area contributed by atoms with E-state index in [4.69, 9.17) is 9.26 Å². The first-order valence-corrected chi connectivity index (χ1v) is 11.4. The summed E-state index contributed by atoms with van der Waals surface area (Å²) in [7, 11) is 3.07. The van der Waals surface area contributed by atoms with Crippen molar-refractivity contribution >= 4 is 11.6 Å². The zero-order chi connectivity index (χ0) is 26.5. The van der Waals surface area contributed by atoms with Gasteiger partial charge in [-0.15, -0.1) is 0 Å². The Morgan fingerprint density at radius 3 is 2.81 bits per heavy atom. The van der Waals surface area contributed by atoms with Crippen molar-refractivity contribution in [2.45, 2.75) is 25.3 Å². The predicted octanol–water partition coefficient (Wildman–Crippen LogP) is 2.38. The van der Waals surface area contributed by atoms with E-state index >= 15 is 0 Å². The van der Waals surface area contributed by atoms with Crippen LogP contribution in [-0.2, 0) is 18.3 Å². The molecule has 1 amide bonds. The summed E-state index contributed by atoms with van der Waals surface area (Å²) in [5, 5.41) is 30.7. The lowest BCUT2D eigenvalue weighted by Crippen LogP contribution is -2.29. The number of carbonyl (C=O) groups is 1. The molecule has 0 saturated carbocycles. The Bertz CT molecular complexity index is 1500. The molecule has 0 radical (unpaired) electrons. The normalized spacial score (nSPS) is 12.6. The molecule has 2 N–H and O–H groups in total. The van der Waals surface area contributed by atoms with Crippen LogP contribution < -0.4 is 10.9 Å². The molecular formula is C25H25N7O5. The first-order chi connectivity index (χ1) is 17.8. The molecule has 4 rings (SSSR count). The van der Waals surface area contributed by atoms with Crippen LogP contribution in [0.25, 0.3) is 0 Å². The third kappa shape index (κ3) is 5.12. The van der Waals surface area contributed by atoms with Gasteiger partial charge in [-0.1, -0.05) is 30.3 Å². The van der Waals surface area contributed by atoms with Gasteiger partial charge in [0.1, 0.15) is 17.8 Å². The number of ether oxygens (including phenoxy) is 1. The minimum atomic E-state index is -0.798. The molecule has 2 atom stereocenters.